The van der Waals surface area contributed by atoms with Crippen LogP contribution in [0.4, 0.5) is 24.8 Å². The maximum absolute atomic E-state index is 15.4. The fraction of sp³-hybridized carbons (Fsp3) is 0.459. The number of aromatic nitrogens is 2. The van der Waals surface area contributed by atoms with Crippen LogP contribution in [-0.2, 0) is 34.0 Å². The first-order valence-corrected chi connectivity index (χ1v) is 18.1. The standard InChI is InChI=1S/C37H40ClFN6O6S/c1-18-8-9-19(14-45(13-18)35(48)51-37(5,6)7)41-32-28-23-17-49-16-22(23)26(29(38)30(28)42-25(15-46)43-32)20-10-11-24(39)31-27(20)21(12-40)33(52-31)44-34(47)50-36(2,3)4/h10-11,18,46H,8-9,13-17H2,1-7H3,(H,44,47)/b41-19+. The van der Waals surface area contributed by atoms with E-state index >= 15 is 4.39 Å². The van der Waals surface area contributed by atoms with Gasteiger partial charge < -0.3 is 24.2 Å². The minimum atomic E-state index is -0.797. The van der Waals surface area contributed by atoms with Crippen molar-refractivity contribution >= 4 is 72.6 Å². The summed E-state index contributed by atoms with van der Waals surface area (Å²) < 4.78 is 32.6. The minimum absolute atomic E-state index is 0.0483. The molecule has 1 atom stereocenters. The second kappa shape index (κ2) is 14.2. The Labute approximate surface area is 309 Å². The molecule has 0 spiro atoms. The van der Waals surface area contributed by atoms with Gasteiger partial charge in [0.2, 0.25) is 0 Å². The smallest absolute Gasteiger partial charge is 0.412 e. The zero-order valence-electron chi connectivity index (χ0n) is 30.1. The molecule has 4 aromatic rings. The zero-order chi connectivity index (χ0) is 37.7. The molecule has 2 aromatic heterocycles. The van der Waals surface area contributed by atoms with Crippen molar-refractivity contribution in [1.82, 2.24) is 14.9 Å². The topological polar surface area (TPSA) is 159 Å². The number of aliphatic hydroxyl groups excluding tert-OH is 1. The lowest BCUT2D eigenvalue weighted by Gasteiger charge is -2.27. The number of likely N-dealkylation sites (tertiary alicyclic amines) is 1. The van der Waals surface area contributed by atoms with Crippen molar-refractivity contribution in [1.29, 1.82) is 5.26 Å². The predicted octanol–water partition coefficient (Wildman–Crippen LogP) is 8.78. The number of ether oxygens (including phenoxy) is 3. The van der Waals surface area contributed by atoms with E-state index in [4.69, 9.17) is 30.8 Å². The molecule has 2 aliphatic heterocycles. The lowest BCUT2D eigenvalue weighted by Crippen LogP contribution is -2.40. The number of carbonyl (C=O) groups is 2. The van der Waals surface area contributed by atoms with Crippen molar-refractivity contribution < 1.29 is 33.3 Å². The van der Waals surface area contributed by atoms with Crippen molar-refractivity contribution in [2.75, 3.05) is 18.4 Å². The monoisotopic (exact) mass is 750 g/mol. The van der Waals surface area contributed by atoms with Gasteiger partial charge in [-0.05, 0) is 83.1 Å². The van der Waals surface area contributed by atoms with Crippen LogP contribution in [0.3, 0.4) is 0 Å². The van der Waals surface area contributed by atoms with Gasteiger partial charge in [-0.2, -0.15) is 5.26 Å². The van der Waals surface area contributed by atoms with Crippen LogP contribution in [0.1, 0.15) is 83.8 Å². The van der Waals surface area contributed by atoms with Crippen molar-refractivity contribution in [3.8, 4) is 17.2 Å². The predicted molar refractivity (Wildman–Crippen MR) is 198 cm³/mol. The Bertz CT molecular complexity index is 2180. The number of hydrogen-bond acceptors (Lipinski definition) is 11. The van der Waals surface area contributed by atoms with Crippen molar-refractivity contribution in [2.45, 2.75) is 92.3 Å². The summed E-state index contributed by atoms with van der Waals surface area (Å²) in [4.78, 5) is 41.7. The van der Waals surface area contributed by atoms with Gasteiger partial charge in [0, 0.05) is 23.2 Å². The van der Waals surface area contributed by atoms with Gasteiger partial charge in [0.15, 0.2) is 11.6 Å². The van der Waals surface area contributed by atoms with Gasteiger partial charge >= 0.3 is 12.2 Å². The number of nitriles is 1. The van der Waals surface area contributed by atoms with E-state index in [1.165, 1.54) is 6.07 Å². The number of nitrogens with zero attached hydrogens (tertiary/aromatic N) is 5. The molecular formula is C37H40ClFN6O6S. The Kier molecular flexibility index (Phi) is 10.2. The Balaban J connectivity index is 1.53. The molecule has 2 amide bonds. The highest BCUT2D eigenvalue weighted by Crippen LogP contribution is 2.49. The third kappa shape index (κ3) is 7.54. The molecule has 1 saturated heterocycles. The summed E-state index contributed by atoms with van der Waals surface area (Å²) in [5, 5.41) is 24.3. The summed E-state index contributed by atoms with van der Waals surface area (Å²) in [5.41, 5.74) is 1.90. The number of thiophene rings is 1. The van der Waals surface area contributed by atoms with E-state index < -0.39 is 35.8 Å². The molecule has 0 radical (unpaired) electrons. The number of benzene rings is 2. The largest absolute Gasteiger partial charge is 0.444 e. The number of hydrogen-bond donors (Lipinski definition) is 2. The van der Waals surface area contributed by atoms with E-state index in [1.54, 1.807) is 31.7 Å². The molecule has 15 heteroatoms. The molecule has 274 valence electrons. The van der Waals surface area contributed by atoms with Crippen LogP contribution in [-0.4, -0.2) is 62.2 Å². The number of rotatable bonds is 4. The van der Waals surface area contributed by atoms with E-state index in [9.17, 15) is 20.0 Å². The second-order valence-corrected chi connectivity index (χ2v) is 16.4. The summed E-state index contributed by atoms with van der Waals surface area (Å²) in [6, 6.07) is 4.97. The number of halogens is 2. The second-order valence-electron chi connectivity index (χ2n) is 15.0. The number of carbonyl (C=O) groups excluding carboxylic acids is 2. The van der Waals surface area contributed by atoms with Crippen LogP contribution in [0.5, 0.6) is 0 Å². The van der Waals surface area contributed by atoms with E-state index in [1.807, 2.05) is 20.8 Å². The van der Waals surface area contributed by atoms with Crippen LogP contribution in [0.2, 0.25) is 5.02 Å². The average Bonchev–Trinajstić information content (AvgIpc) is 3.62. The zero-order valence-corrected chi connectivity index (χ0v) is 31.6. The fourth-order valence-corrected chi connectivity index (χ4v) is 7.83. The Morgan fingerprint density at radius 3 is 2.54 bits per heavy atom. The first-order chi connectivity index (χ1) is 24.5. The number of aliphatic imine (C=N–C) groups is 1. The third-order valence-electron chi connectivity index (χ3n) is 8.50. The molecule has 2 aromatic carbocycles. The van der Waals surface area contributed by atoms with E-state index in [-0.39, 0.29) is 63.0 Å². The molecule has 1 unspecified atom stereocenters. The third-order valence-corrected chi connectivity index (χ3v) is 9.98. The van der Waals surface area contributed by atoms with Gasteiger partial charge in [-0.3, -0.25) is 5.32 Å². The number of fused-ring (bicyclic) bond motifs is 4. The molecule has 52 heavy (non-hydrogen) atoms. The molecule has 0 bridgehead atoms. The van der Waals surface area contributed by atoms with Gasteiger partial charge in [0.05, 0.1) is 45.9 Å². The molecule has 0 aliphatic carbocycles. The lowest BCUT2D eigenvalue weighted by atomic mass is 9.91. The van der Waals surface area contributed by atoms with Gasteiger partial charge in [0.25, 0.3) is 0 Å². The molecule has 2 aliphatic rings. The van der Waals surface area contributed by atoms with Crippen LogP contribution in [0.15, 0.2) is 17.1 Å². The lowest BCUT2D eigenvalue weighted by molar-refractivity contribution is 0.0260. The summed E-state index contributed by atoms with van der Waals surface area (Å²) in [5.74, 6) is -0.0264. The first kappa shape index (κ1) is 37.3. The Hall–Kier alpha value is -4.42. The number of aliphatic hydroxyl groups is 1. The summed E-state index contributed by atoms with van der Waals surface area (Å²) >= 11 is 8.18. The van der Waals surface area contributed by atoms with Gasteiger partial charge in [0.1, 0.15) is 34.7 Å². The van der Waals surface area contributed by atoms with Gasteiger partial charge in [-0.1, -0.05) is 24.6 Å². The molecule has 12 nitrogen and oxygen atoms in total. The van der Waals surface area contributed by atoms with E-state index in [0.717, 1.165) is 17.8 Å². The van der Waals surface area contributed by atoms with Crippen LogP contribution in [0.25, 0.3) is 32.1 Å². The maximum Gasteiger partial charge on any atom is 0.412 e. The van der Waals surface area contributed by atoms with Crippen molar-refractivity contribution in [3.63, 3.8) is 0 Å². The Morgan fingerprint density at radius 1 is 1.15 bits per heavy atom. The molecule has 4 heterocycles. The SMILES string of the molecule is CC1CC/C(=N\c2nc(CO)nc3c(Cl)c(-c4ccc(F)c5sc(NC(=O)OC(C)(C)C)c(C#N)c45)c4c(c23)COC4)CN(C(=O)OC(C)(C)C)C1. The molecule has 2 N–H and O–H groups in total. The van der Waals surface area contributed by atoms with Crippen molar-refractivity contribution in [2.24, 2.45) is 10.9 Å². The first-order valence-electron chi connectivity index (χ1n) is 16.9. The van der Waals surface area contributed by atoms with Gasteiger partial charge in [-0.25, -0.2) is 28.9 Å². The highest BCUT2D eigenvalue weighted by molar-refractivity contribution is 7.23. The fourth-order valence-electron chi connectivity index (χ4n) is 6.41. The number of nitrogens with one attached hydrogen (secondary N) is 1. The summed E-state index contributed by atoms with van der Waals surface area (Å²) in [7, 11) is 0. The molecule has 0 saturated carbocycles. The highest BCUT2D eigenvalue weighted by Gasteiger charge is 2.32. The van der Waals surface area contributed by atoms with Crippen LogP contribution >= 0.6 is 22.9 Å². The van der Waals surface area contributed by atoms with Crippen LogP contribution in [0, 0.1) is 23.1 Å². The molecule has 1 fully saturated rings. The summed E-state index contributed by atoms with van der Waals surface area (Å²) in [6.07, 6.45) is 0.177. The van der Waals surface area contributed by atoms with E-state index in [0.29, 0.717) is 51.8 Å². The maximum atomic E-state index is 15.4. The summed E-state index contributed by atoms with van der Waals surface area (Å²) in [6.45, 7) is 13.2. The number of amides is 2. The normalized spacial score (nSPS) is 17.3. The highest BCUT2D eigenvalue weighted by atomic mass is 35.5. The number of anilines is 1. The quantitative estimate of drug-likeness (QED) is 0.208. The average molecular weight is 751 g/mol. The van der Waals surface area contributed by atoms with Crippen LogP contribution < -0.4 is 5.32 Å². The van der Waals surface area contributed by atoms with Crippen molar-refractivity contribution in [3.05, 3.63) is 45.5 Å². The van der Waals surface area contributed by atoms with Gasteiger partial charge in [-0.15, -0.1) is 11.3 Å². The van der Waals surface area contributed by atoms with E-state index in [2.05, 4.69) is 28.3 Å². The Morgan fingerprint density at radius 2 is 1.87 bits per heavy atom. The molecule has 6 rings (SSSR count). The molecular weight excluding hydrogens is 711 g/mol. The minimum Gasteiger partial charge on any atom is -0.444 e.